The molecule has 0 saturated heterocycles. The summed E-state index contributed by atoms with van der Waals surface area (Å²) in [6, 6.07) is 15.6. The quantitative estimate of drug-likeness (QED) is 0.613. The largest absolute Gasteiger partial charge is 0.334 e. The molecule has 0 spiro atoms. The van der Waals surface area contributed by atoms with Crippen LogP contribution in [0.4, 0.5) is 0 Å². The van der Waals surface area contributed by atoms with Crippen LogP contribution in [0.3, 0.4) is 0 Å². The second kappa shape index (κ2) is 11.6. The van der Waals surface area contributed by atoms with Gasteiger partial charge in [0.1, 0.15) is 0 Å². The molecule has 3 aromatic rings. The Hall–Kier alpha value is -2.41. The molecule has 0 bridgehead atoms. The molecular formula is C21H27Cl2N5O. The molecule has 2 aromatic heterocycles. The molecule has 1 aromatic carbocycles. The summed E-state index contributed by atoms with van der Waals surface area (Å²) in [5.41, 5.74) is 9.25. The van der Waals surface area contributed by atoms with Gasteiger partial charge in [0.25, 0.3) is 5.91 Å². The monoisotopic (exact) mass is 435 g/mol. The standard InChI is InChI=1S/C21H25N5O.2ClH/c1-16-13-17(2)26(24-16)20-10-9-19(14-23-20)21(27)25(12-6-11-22)15-18-7-4-3-5-8-18;;/h3-5,7-10,13-14H,6,11-12,15,22H2,1-2H3;2*1H. The number of benzene rings is 1. The molecule has 3 rings (SSSR count). The fraction of sp³-hybridized carbons (Fsp3) is 0.286. The highest BCUT2D eigenvalue weighted by atomic mass is 35.5. The third kappa shape index (κ3) is 6.29. The van der Waals surface area contributed by atoms with E-state index in [1.165, 1.54) is 0 Å². The molecule has 0 fully saturated rings. The van der Waals surface area contributed by atoms with Crippen molar-refractivity contribution < 1.29 is 4.79 Å². The van der Waals surface area contributed by atoms with Gasteiger partial charge in [0.15, 0.2) is 5.82 Å². The van der Waals surface area contributed by atoms with Gasteiger partial charge in [-0.2, -0.15) is 5.10 Å². The van der Waals surface area contributed by atoms with Crippen molar-refractivity contribution >= 4 is 30.7 Å². The average molecular weight is 436 g/mol. The molecule has 6 nitrogen and oxygen atoms in total. The predicted molar refractivity (Wildman–Crippen MR) is 120 cm³/mol. The van der Waals surface area contributed by atoms with Crippen molar-refractivity contribution in [2.75, 3.05) is 13.1 Å². The van der Waals surface area contributed by atoms with Crippen molar-refractivity contribution in [2.24, 2.45) is 5.73 Å². The maximum atomic E-state index is 13.0. The van der Waals surface area contributed by atoms with Crippen LogP contribution < -0.4 is 5.73 Å². The number of nitrogens with zero attached hydrogens (tertiary/aromatic N) is 4. The van der Waals surface area contributed by atoms with E-state index in [-0.39, 0.29) is 30.7 Å². The lowest BCUT2D eigenvalue weighted by molar-refractivity contribution is 0.0742. The van der Waals surface area contributed by atoms with Gasteiger partial charge in [0, 0.05) is 25.0 Å². The van der Waals surface area contributed by atoms with Crippen molar-refractivity contribution in [3.8, 4) is 5.82 Å². The zero-order chi connectivity index (χ0) is 19.2. The minimum absolute atomic E-state index is 0. The number of amides is 1. The van der Waals surface area contributed by atoms with Crippen LogP contribution in [0, 0.1) is 13.8 Å². The minimum atomic E-state index is -0.0419. The van der Waals surface area contributed by atoms with Crippen LogP contribution in [-0.2, 0) is 6.54 Å². The highest BCUT2D eigenvalue weighted by Gasteiger charge is 2.17. The lowest BCUT2D eigenvalue weighted by Gasteiger charge is -2.23. The summed E-state index contributed by atoms with van der Waals surface area (Å²) < 4.78 is 1.78. The number of halogens is 2. The highest BCUT2D eigenvalue weighted by molar-refractivity contribution is 5.94. The second-order valence-corrected chi connectivity index (χ2v) is 6.60. The summed E-state index contributed by atoms with van der Waals surface area (Å²) in [5.74, 6) is 0.661. The Balaban J connectivity index is 0.00000210. The molecule has 0 aliphatic rings. The molecular weight excluding hydrogens is 409 g/mol. The SMILES string of the molecule is Cc1cc(C)n(-c2ccc(C(=O)N(CCCN)Cc3ccccc3)cn2)n1.Cl.Cl. The van der Waals surface area contributed by atoms with Gasteiger partial charge in [-0.05, 0) is 50.6 Å². The number of carbonyl (C=O) groups excluding carboxylic acids is 1. The van der Waals surface area contributed by atoms with E-state index in [1.54, 1.807) is 10.9 Å². The molecule has 0 saturated carbocycles. The van der Waals surface area contributed by atoms with E-state index in [0.29, 0.717) is 31.0 Å². The summed E-state index contributed by atoms with van der Waals surface area (Å²) in [6.45, 7) is 5.64. The number of hydrogen-bond donors (Lipinski definition) is 1. The van der Waals surface area contributed by atoms with E-state index >= 15 is 0 Å². The fourth-order valence-corrected chi connectivity index (χ4v) is 3.02. The predicted octanol–water partition coefficient (Wildman–Crippen LogP) is 3.72. The molecule has 29 heavy (non-hydrogen) atoms. The maximum Gasteiger partial charge on any atom is 0.255 e. The summed E-state index contributed by atoms with van der Waals surface area (Å²) in [7, 11) is 0. The Bertz CT molecular complexity index is 897. The van der Waals surface area contributed by atoms with Gasteiger partial charge in [-0.3, -0.25) is 4.79 Å². The lowest BCUT2D eigenvalue weighted by atomic mass is 10.1. The topological polar surface area (TPSA) is 77.0 Å². The molecule has 0 unspecified atom stereocenters. The van der Waals surface area contributed by atoms with Crippen molar-refractivity contribution in [2.45, 2.75) is 26.8 Å². The van der Waals surface area contributed by atoms with Crippen molar-refractivity contribution in [1.82, 2.24) is 19.7 Å². The average Bonchev–Trinajstić information content (AvgIpc) is 3.03. The van der Waals surface area contributed by atoms with E-state index in [9.17, 15) is 4.79 Å². The number of carbonyl (C=O) groups is 1. The number of pyridine rings is 1. The van der Waals surface area contributed by atoms with Crippen LogP contribution >= 0.6 is 24.8 Å². The zero-order valence-corrected chi connectivity index (χ0v) is 18.2. The summed E-state index contributed by atoms with van der Waals surface area (Å²) in [6.07, 6.45) is 2.38. The van der Waals surface area contributed by atoms with E-state index in [4.69, 9.17) is 5.73 Å². The third-order valence-electron chi connectivity index (χ3n) is 4.36. The Morgan fingerprint density at radius 3 is 2.38 bits per heavy atom. The lowest BCUT2D eigenvalue weighted by Crippen LogP contribution is -2.32. The van der Waals surface area contributed by atoms with Crippen molar-refractivity contribution in [3.05, 3.63) is 77.2 Å². The number of aryl methyl sites for hydroxylation is 2. The number of nitrogens with two attached hydrogens (primary N) is 1. The normalized spacial score (nSPS) is 10.0. The molecule has 0 aliphatic heterocycles. The van der Waals surface area contributed by atoms with Crippen LogP contribution in [0.5, 0.6) is 0 Å². The number of hydrogen-bond acceptors (Lipinski definition) is 4. The first-order chi connectivity index (χ1) is 13.1. The van der Waals surface area contributed by atoms with Crippen LogP contribution in [0.2, 0.25) is 0 Å². The molecule has 156 valence electrons. The van der Waals surface area contributed by atoms with Gasteiger partial charge in [0.2, 0.25) is 0 Å². The molecule has 1 amide bonds. The van der Waals surface area contributed by atoms with E-state index in [0.717, 1.165) is 23.4 Å². The zero-order valence-electron chi connectivity index (χ0n) is 16.6. The first-order valence-corrected chi connectivity index (χ1v) is 9.11. The van der Waals surface area contributed by atoms with Crippen molar-refractivity contribution in [3.63, 3.8) is 0 Å². The molecule has 2 N–H and O–H groups in total. The fourth-order valence-electron chi connectivity index (χ4n) is 3.02. The Morgan fingerprint density at radius 2 is 1.83 bits per heavy atom. The van der Waals surface area contributed by atoms with Gasteiger partial charge >= 0.3 is 0 Å². The van der Waals surface area contributed by atoms with Gasteiger partial charge in [-0.1, -0.05) is 30.3 Å². The first-order valence-electron chi connectivity index (χ1n) is 9.11. The first kappa shape index (κ1) is 24.6. The summed E-state index contributed by atoms with van der Waals surface area (Å²) in [4.78, 5) is 19.3. The highest BCUT2D eigenvalue weighted by Crippen LogP contribution is 2.13. The van der Waals surface area contributed by atoms with Crippen LogP contribution in [0.25, 0.3) is 5.82 Å². The van der Waals surface area contributed by atoms with Crippen LogP contribution in [0.1, 0.15) is 33.7 Å². The number of aromatic nitrogens is 3. The molecule has 0 aliphatic carbocycles. The van der Waals surface area contributed by atoms with Crippen LogP contribution in [-0.4, -0.2) is 38.7 Å². The molecule has 8 heteroatoms. The second-order valence-electron chi connectivity index (χ2n) is 6.60. The summed E-state index contributed by atoms with van der Waals surface area (Å²) >= 11 is 0. The molecule has 2 heterocycles. The van der Waals surface area contributed by atoms with Gasteiger partial charge in [-0.25, -0.2) is 9.67 Å². The van der Waals surface area contributed by atoms with E-state index < -0.39 is 0 Å². The summed E-state index contributed by atoms with van der Waals surface area (Å²) in [5, 5.41) is 4.43. The Kier molecular flexibility index (Phi) is 9.81. The van der Waals surface area contributed by atoms with Gasteiger partial charge < -0.3 is 10.6 Å². The number of rotatable bonds is 7. The Morgan fingerprint density at radius 1 is 1.10 bits per heavy atom. The minimum Gasteiger partial charge on any atom is -0.334 e. The maximum absolute atomic E-state index is 13.0. The Labute approximate surface area is 183 Å². The molecule has 0 atom stereocenters. The van der Waals surface area contributed by atoms with Crippen LogP contribution in [0.15, 0.2) is 54.7 Å². The van der Waals surface area contributed by atoms with E-state index in [2.05, 4.69) is 10.1 Å². The van der Waals surface area contributed by atoms with Gasteiger partial charge in [0.05, 0.1) is 11.3 Å². The van der Waals surface area contributed by atoms with E-state index in [1.807, 2.05) is 67.3 Å². The van der Waals surface area contributed by atoms with Gasteiger partial charge in [-0.15, -0.1) is 24.8 Å². The van der Waals surface area contributed by atoms with Crippen molar-refractivity contribution in [1.29, 1.82) is 0 Å². The molecule has 0 radical (unpaired) electrons. The third-order valence-corrected chi connectivity index (χ3v) is 4.36. The smallest absolute Gasteiger partial charge is 0.255 e.